The van der Waals surface area contributed by atoms with E-state index in [1.54, 1.807) is 0 Å². The molecule has 0 bridgehead atoms. The largest absolute Gasteiger partial charge is 0.271 e. The molecule has 4 atom stereocenters. The minimum absolute atomic E-state index is 0.599. The average molecular weight is 210 g/mol. The van der Waals surface area contributed by atoms with Crippen molar-refractivity contribution < 1.29 is 0 Å². The lowest BCUT2D eigenvalue weighted by atomic mass is 9.92. The van der Waals surface area contributed by atoms with Gasteiger partial charge < -0.3 is 0 Å². The first-order valence-electron chi connectivity index (χ1n) is 6.74. The van der Waals surface area contributed by atoms with Crippen molar-refractivity contribution in [2.75, 3.05) is 0 Å². The Morgan fingerprint density at radius 3 is 2.53 bits per heavy atom. The van der Waals surface area contributed by atoms with Crippen molar-refractivity contribution in [3.8, 4) is 0 Å². The van der Waals surface area contributed by atoms with Crippen molar-refractivity contribution in [3.63, 3.8) is 0 Å². The molecule has 0 aromatic heterocycles. The molecule has 2 fully saturated rings. The summed E-state index contributed by atoms with van der Waals surface area (Å²) >= 11 is 0. The third-order valence-electron chi connectivity index (χ3n) is 4.59. The zero-order chi connectivity index (χ0) is 10.8. The third-order valence-corrected chi connectivity index (χ3v) is 4.59. The minimum Gasteiger partial charge on any atom is -0.271 e. The Morgan fingerprint density at radius 2 is 2.00 bits per heavy atom. The average Bonchev–Trinajstić information content (AvgIpc) is 2.70. The molecule has 0 spiro atoms. The number of fused-ring (bicyclic) bond motifs is 1. The summed E-state index contributed by atoms with van der Waals surface area (Å²) in [5.41, 5.74) is 3.08. The highest BCUT2D eigenvalue weighted by atomic mass is 15.2. The van der Waals surface area contributed by atoms with Crippen LogP contribution in [0.1, 0.15) is 52.4 Å². The normalized spacial score (nSPS) is 37.4. The summed E-state index contributed by atoms with van der Waals surface area (Å²) in [5, 5.41) is 0. The van der Waals surface area contributed by atoms with E-state index in [0.29, 0.717) is 6.04 Å². The molecular formula is C13H26N2. The summed E-state index contributed by atoms with van der Waals surface area (Å²) in [6, 6.07) is 0.599. The topological polar surface area (TPSA) is 38.0 Å². The Labute approximate surface area is 94.0 Å². The van der Waals surface area contributed by atoms with E-state index >= 15 is 0 Å². The Balaban J connectivity index is 1.78. The summed E-state index contributed by atoms with van der Waals surface area (Å²) in [6.45, 7) is 4.64. The van der Waals surface area contributed by atoms with Crippen LogP contribution in [0.4, 0.5) is 0 Å². The Kier molecular flexibility index (Phi) is 3.68. The van der Waals surface area contributed by atoms with Crippen molar-refractivity contribution in [2.45, 2.75) is 58.4 Å². The fourth-order valence-corrected chi connectivity index (χ4v) is 3.85. The van der Waals surface area contributed by atoms with Gasteiger partial charge in [0, 0.05) is 6.04 Å². The van der Waals surface area contributed by atoms with Crippen molar-refractivity contribution in [1.29, 1.82) is 0 Å². The molecule has 0 saturated heterocycles. The Morgan fingerprint density at radius 1 is 1.33 bits per heavy atom. The van der Waals surface area contributed by atoms with E-state index in [2.05, 4.69) is 19.3 Å². The van der Waals surface area contributed by atoms with Crippen molar-refractivity contribution in [3.05, 3.63) is 0 Å². The maximum atomic E-state index is 5.71. The predicted octanol–water partition coefficient (Wildman–Crippen LogP) is 2.69. The van der Waals surface area contributed by atoms with E-state index in [4.69, 9.17) is 5.84 Å². The van der Waals surface area contributed by atoms with Gasteiger partial charge in [0.1, 0.15) is 0 Å². The van der Waals surface area contributed by atoms with Crippen molar-refractivity contribution in [1.82, 2.24) is 5.43 Å². The first kappa shape index (κ1) is 11.4. The van der Waals surface area contributed by atoms with Gasteiger partial charge >= 0.3 is 0 Å². The van der Waals surface area contributed by atoms with Crippen LogP contribution in [-0.2, 0) is 0 Å². The van der Waals surface area contributed by atoms with Gasteiger partial charge in [-0.2, -0.15) is 0 Å². The lowest BCUT2D eigenvalue weighted by Crippen LogP contribution is -2.39. The molecule has 2 aliphatic carbocycles. The second-order valence-electron chi connectivity index (χ2n) is 5.74. The van der Waals surface area contributed by atoms with Crippen LogP contribution in [0.3, 0.4) is 0 Å². The van der Waals surface area contributed by atoms with E-state index in [-0.39, 0.29) is 0 Å². The first-order valence-corrected chi connectivity index (χ1v) is 6.74. The van der Waals surface area contributed by atoms with Gasteiger partial charge in [-0.05, 0) is 42.9 Å². The first-order chi connectivity index (χ1) is 7.27. The van der Waals surface area contributed by atoms with Crippen LogP contribution in [0, 0.1) is 23.7 Å². The molecule has 15 heavy (non-hydrogen) atoms. The highest BCUT2D eigenvalue weighted by Gasteiger charge is 2.55. The van der Waals surface area contributed by atoms with Gasteiger partial charge in [-0.1, -0.05) is 33.1 Å². The summed E-state index contributed by atoms with van der Waals surface area (Å²) < 4.78 is 0. The van der Waals surface area contributed by atoms with Gasteiger partial charge in [0.15, 0.2) is 0 Å². The fourth-order valence-electron chi connectivity index (χ4n) is 3.85. The van der Waals surface area contributed by atoms with Gasteiger partial charge in [0.2, 0.25) is 0 Å². The highest BCUT2D eigenvalue weighted by Crippen LogP contribution is 2.59. The molecule has 88 valence electrons. The molecule has 0 radical (unpaired) electrons. The summed E-state index contributed by atoms with van der Waals surface area (Å²) in [4.78, 5) is 0. The van der Waals surface area contributed by atoms with Gasteiger partial charge in [-0.3, -0.25) is 11.3 Å². The molecule has 3 N–H and O–H groups in total. The number of nitrogens with one attached hydrogen (secondary N) is 1. The molecule has 0 aromatic carbocycles. The predicted molar refractivity (Wildman–Crippen MR) is 64.1 cm³/mol. The van der Waals surface area contributed by atoms with Crippen LogP contribution in [0.15, 0.2) is 0 Å². The molecule has 2 aliphatic rings. The molecule has 0 amide bonds. The quantitative estimate of drug-likeness (QED) is 0.522. The maximum absolute atomic E-state index is 5.71. The number of nitrogens with two attached hydrogens (primary N) is 1. The molecule has 2 saturated carbocycles. The lowest BCUT2D eigenvalue weighted by Gasteiger charge is -2.21. The van der Waals surface area contributed by atoms with E-state index < -0.39 is 0 Å². The third kappa shape index (κ3) is 2.36. The number of hydrogen-bond acceptors (Lipinski definition) is 2. The van der Waals surface area contributed by atoms with Crippen molar-refractivity contribution >= 4 is 0 Å². The number of hydrazine groups is 1. The van der Waals surface area contributed by atoms with Crippen LogP contribution in [0.5, 0.6) is 0 Å². The van der Waals surface area contributed by atoms with Gasteiger partial charge in [0.05, 0.1) is 0 Å². The molecule has 0 heterocycles. The molecule has 2 heteroatoms. The summed E-state index contributed by atoms with van der Waals surface area (Å²) in [7, 11) is 0. The monoisotopic (exact) mass is 210 g/mol. The number of hydrogen-bond donors (Lipinski definition) is 2. The smallest absolute Gasteiger partial charge is 0.0246 e. The van der Waals surface area contributed by atoms with Gasteiger partial charge in [-0.25, -0.2) is 0 Å². The highest BCUT2D eigenvalue weighted by molar-refractivity contribution is 5.05. The van der Waals surface area contributed by atoms with Gasteiger partial charge in [-0.15, -0.1) is 0 Å². The molecular weight excluding hydrogens is 184 g/mol. The maximum Gasteiger partial charge on any atom is 0.0246 e. The second kappa shape index (κ2) is 4.84. The van der Waals surface area contributed by atoms with Crippen LogP contribution in [0.2, 0.25) is 0 Å². The zero-order valence-electron chi connectivity index (χ0n) is 10.2. The molecule has 4 unspecified atom stereocenters. The standard InChI is InChI=1S/C13H26N2/c1-3-5-9(2)8-12(15-14)13-10-6-4-7-11(10)13/h9-13,15H,3-8,14H2,1-2H3. The van der Waals surface area contributed by atoms with E-state index in [0.717, 1.165) is 23.7 Å². The van der Waals surface area contributed by atoms with E-state index in [1.165, 1.54) is 38.5 Å². The molecule has 0 aromatic rings. The van der Waals surface area contributed by atoms with E-state index in [1.807, 2.05) is 0 Å². The zero-order valence-corrected chi connectivity index (χ0v) is 10.2. The molecule has 2 rings (SSSR count). The second-order valence-corrected chi connectivity index (χ2v) is 5.74. The van der Waals surface area contributed by atoms with E-state index in [9.17, 15) is 0 Å². The molecule has 2 nitrogen and oxygen atoms in total. The van der Waals surface area contributed by atoms with Crippen LogP contribution < -0.4 is 11.3 Å². The summed E-state index contributed by atoms with van der Waals surface area (Å²) in [6.07, 6.45) is 8.33. The minimum atomic E-state index is 0.599. The number of rotatable bonds is 6. The van der Waals surface area contributed by atoms with Crippen molar-refractivity contribution in [2.24, 2.45) is 29.5 Å². The Bertz CT molecular complexity index is 195. The van der Waals surface area contributed by atoms with Crippen LogP contribution in [-0.4, -0.2) is 6.04 Å². The summed E-state index contributed by atoms with van der Waals surface area (Å²) in [5.74, 6) is 9.52. The lowest BCUT2D eigenvalue weighted by molar-refractivity contribution is 0.330. The van der Waals surface area contributed by atoms with Gasteiger partial charge in [0.25, 0.3) is 0 Å². The van der Waals surface area contributed by atoms with Crippen LogP contribution >= 0.6 is 0 Å². The van der Waals surface area contributed by atoms with Crippen LogP contribution in [0.25, 0.3) is 0 Å². The SMILES string of the molecule is CCCC(C)CC(NN)C1C2CCCC21. The Hall–Kier alpha value is -0.0800. The molecule has 0 aliphatic heterocycles. The fraction of sp³-hybridized carbons (Fsp3) is 1.00.